The molecule has 0 fully saturated rings. The van der Waals surface area contributed by atoms with Gasteiger partial charge in [-0.2, -0.15) is 0 Å². The molecular weight excluding hydrogens is 304 g/mol. The Morgan fingerprint density at radius 1 is 1.26 bits per heavy atom. The summed E-state index contributed by atoms with van der Waals surface area (Å²) < 4.78 is 32.0. The molecule has 0 aliphatic rings. The molecule has 0 bridgehead atoms. The molecular formula is C16H17F2N3O2. The van der Waals surface area contributed by atoms with Gasteiger partial charge in [0.05, 0.1) is 11.3 Å². The third-order valence-electron chi connectivity index (χ3n) is 3.06. The second kappa shape index (κ2) is 8.19. The van der Waals surface area contributed by atoms with Crippen molar-refractivity contribution in [2.45, 2.75) is 6.42 Å². The average Bonchev–Trinajstić information content (AvgIpc) is 2.55. The molecule has 0 spiro atoms. The molecule has 0 saturated heterocycles. The molecule has 0 aliphatic heterocycles. The molecule has 7 heteroatoms. The van der Waals surface area contributed by atoms with Crippen molar-refractivity contribution < 1.29 is 18.3 Å². The van der Waals surface area contributed by atoms with Gasteiger partial charge < -0.3 is 15.4 Å². The summed E-state index contributed by atoms with van der Waals surface area (Å²) in [4.78, 5) is 16.1. The summed E-state index contributed by atoms with van der Waals surface area (Å²) >= 11 is 0. The zero-order valence-electron chi connectivity index (χ0n) is 12.6. The van der Waals surface area contributed by atoms with E-state index in [1.165, 1.54) is 12.3 Å². The van der Waals surface area contributed by atoms with Gasteiger partial charge in [0.25, 0.3) is 5.91 Å². The highest BCUT2D eigenvalue weighted by molar-refractivity contribution is 6.04. The maximum absolute atomic E-state index is 13.6. The van der Waals surface area contributed by atoms with Crippen LogP contribution in [0.1, 0.15) is 16.8 Å². The van der Waals surface area contributed by atoms with Crippen molar-refractivity contribution in [3.63, 3.8) is 0 Å². The minimum Gasteiger partial charge on any atom is -0.385 e. The number of pyridine rings is 1. The van der Waals surface area contributed by atoms with Gasteiger partial charge in [-0.1, -0.05) is 6.07 Å². The number of halogens is 2. The Morgan fingerprint density at radius 3 is 2.70 bits per heavy atom. The average molecular weight is 321 g/mol. The fraction of sp³-hybridized carbons (Fsp3) is 0.250. The van der Waals surface area contributed by atoms with Gasteiger partial charge in [-0.05, 0) is 24.6 Å². The van der Waals surface area contributed by atoms with Crippen LogP contribution in [-0.4, -0.2) is 31.2 Å². The summed E-state index contributed by atoms with van der Waals surface area (Å²) in [7, 11) is 1.62. The van der Waals surface area contributed by atoms with Crippen molar-refractivity contribution in [2.75, 3.05) is 30.9 Å². The first-order chi connectivity index (χ1) is 11.1. The number of aromatic nitrogens is 1. The van der Waals surface area contributed by atoms with E-state index >= 15 is 0 Å². The van der Waals surface area contributed by atoms with Gasteiger partial charge in [0, 0.05) is 32.7 Å². The molecule has 0 radical (unpaired) electrons. The Bertz CT molecular complexity index is 660. The number of nitrogens with one attached hydrogen (secondary N) is 2. The number of hydrogen-bond acceptors (Lipinski definition) is 4. The van der Waals surface area contributed by atoms with Crippen molar-refractivity contribution in [3.05, 3.63) is 53.9 Å². The lowest BCUT2D eigenvalue weighted by Gasteiger charge is -2.09. The molecule has 5 nitrogen and oxygen atoms in total. The van der Waals surface area contributed by atoms with Crippen LogP contribution in [0.15, 0.2) is 36.7 Å². The highest BCUT2D eigenvalue weighted by atomic mass is 19.1. The number of amides is 1. The van der Waals surface area contributed by atoms with Crippen LogP contribution < -0.4 is 10.6 Å². The number of carbonyl (C=O) groups is 1. The number of nitrogens with zero attached hydrogens (tertiary/aromatic N) is 1. The van der Waals surface area contributed by atoms with Gasteiger partial charge in [0.15, 0.2) is 0 Å². The predicted octanol–water partition coefficient (Wildman–Crippen LogP) is 3.06. The highest BCUT2D eigenvalue weighted by Gasteiger charge is 2.14. The first-order valence-electron chi connectivity index (χ1n) is 7.05. The molecule has 2 aromatic rings. The summed E-state index contributed by atoms with van der Waals surface area (Å²) in [6.45, 7) is 1.27. The van der Waals surface area contributed by atoms with E-state index in [0.29, 0.717) is 18.8 Å². The third-order valence-corrected chi connectivity index (χ3v) is 3.06. The van der Waals surface area contributed by atoms with Gasteiger partial charge in [-0.15, -0.1) is 0 Å². The molecule has 122 valence electrons. The predicted molar refractivity (Wildman–Crippen MR) is 83.5 cm³/mol. The van der Waals surface area contributed by atoms with E-state index in [4.69, 9.17) is 4.74 Å². The van der Waals surface area contributed by atoms with Crippen LogP contribution in [0.2, 0.25) is 0 Å². The van der Waals surface area contributed by atoms with Crippen molar-refractivity contribution in [3.8, 4) is 0 Å². The number of anilines is 2. The van der Waals surface area contributed by atoms with Crippen LogP contribution in [0.4, 0.5) is 20.2 Å². The molecule has 0 atom stereocenters. The van der Waals surface area contributed by atoms with Crippen molar-refractivity contribution >= 4 is 17.3 Å². The van der Waals surface area contributed by atoms with Crippen LogP contribution in [0.25, 0.3) is 0 Å². The van der Waals surface area contributed by atoms with Crippen LogP contribution in [0, 0.1) is 11.6 Å². The lowest BCUT2D eigenvalue weighted by molar-refractivity contribution is 0.102. The summed E-state index contributed by atoms with van der Waals surface area (Å²) in [6.07, 6.45) is 3.69. The molecule has 23 heavy (non-hydrogen) atoms. The van der Waals surface area contributed by atoms with E-state index in [0.717, 1.165) is 18.6 Å². The number of benzene rings is 1. The fourth-order valence-corrected chi connectivity index (χ4v) is 1.91. The molecule has 0 saturated carbocycles. The lowest BCUT2D eigenvalue weighted by Crippen LogP contribution is -2.15. The van der Waals surface area contributed by atoms with Gasteiger partial charge in [-0.25, -0.2) is 8.78 Å². The smallest absolute Gasteiger partial charge is 0.257 e. The van der Waals surface area contributed by atoms with E-state index in [-0.39, 0.29) is 5.56 Å². The zero-order chi connectivity index (χ0) is 16.7. The van der Waals surface area contributed by atoms with E-state index < -0.39 is 23.2 Å². The number of methoxy groups -OCH3 is 1. The molecule has 1 heterocycles. The van der Waals surface area contributed by atoms with Crippen molar-refractivity contribution in [2.24, 2.45) is 0 Å². The fourth-order valence-electron chi connectivity index (χ4n) is 1.91. The monoisotopic (exact) mass is 321 g/mol. The third kappa shape index (κ3) is 4.72. The molecule has 2 N–H and O–H groups in total. The molecule has 0 unspecified atom stereocenters. The van der Waals surface area contributed by atoms with E-state index in [1.54, 1.807) is 19.4 Å². The Balaban J connectivity index is 2.05. The van der Waals surface area contributed by atoms with Crippen LogP contribution in [-0.2, 0) is 4.74 Å². The van der Waals surface area contributed by atoms with Crippen LogP contribution in [0.5, 0.6) is 0 Å². The van der Waals surface area contributed by atoms with Gasteiger partial charge >= 0.3 is 0 Å². The van der Waals surface area contributed by atoms with Gasteiger partial charge in [0.2, 0.25) is 0 Å². The summed E-state index contributed by atoms with van der Waals surface area (Å²) in [5, 5.41) is 5.31. The summed E-state index contributed by atoms with van der Waals surface area (Å²) in [5.41, 5.74) is 0.364. The minimum atomic E-state index is -0.833. The second-order valence-electron chi connectivity index (χ2n) is 4.79. The summed E-state index contributed by atoms with van der Waals surface area (Å²) in [6, 6.07) is 4.94. The van der Waals surface area contributed by atoms with Crippen LogP contribution >= 0.6 is 0 Å². The Labute approximate surface area is 132 Å². The molecule has 1 aromatic heterocycles. The SMILES string of the molecule is COCCCNc1cncc(C(=O)Nc2c(F)cccc2F)c1. The highest BCUT2D eigenvalue weighted by Crippen LogP contribution is 2.19. The Hall–Kier alpha value is -2.54. The molecule has 1 amide bonds. The molecule has 2 rings (SSSR count). The number of para-hydroxylation sites is 1. The van der Waals surface area contributed by atoms with E-state index in [2.05, 4.69) is 15.6 Å². The summed E-state index contributed by atoms with van der Waals surface area (Å²) in [5.74, 6) is -2.30. The van der Waals surface area contributed by atoms with Crippen molar-refractivity contribution in [1.82, 2.24) is 4.98 Å². The van der Waals surface area contributed by atoms with E-state index in [1.807, 2.05) is 0 Å². The maximum Gasteiger partial charge on any atom is 0.257 e. The van der Waals surface area contributed by atoms with Gasteiger partial charge in [0.1, 0.15) is 17.3 Å². The first-order valence-corrected chi connectivity index (χ1v) is 7.05. The molecule has 0 aliphatic carbocycles. The normalized spacial score (nSPS) is 10.4. The Kier molecular flexibility index (Phi) is 5.99. The number of ether oxygens (including phenoxy) is 1. The Morgan fingerprint density at radius 2 is 2.00 bits per heavy atom. The maximum atomic E-state index is 13.6. The topological polar surface area (TPSA) is 63.2 Å². The molecule has 1 aromatic carbocycles. The zero-order valence-corrected chi connectivity index (χ0v) is 12.6. The largest absolute Gasteiger partial charge is 0.385 e. The van der Waals surface area contributed by atoms with Crippen LogP contribution in [0.3, 0.4) is 0 Å². The number of hydrogen-bond donors (Lipinski definition) is 2. The standard InChI is InChI=1S/C16H17F2N3O2/c1-23-7-3-6-20-12-8-11(9-19-10-12)16(22)21-15-13(17)4-2-5-14(15)18/h2,4-5,8-10,20H,3,6-7H2,1H3,(H,21,22). The minimum absolute atomic E-state index is 0.199. The number of rotatable bonds is 7. The number of carbonyl (C=O) groups excluding carboxylic acids is 1. The first kappa shape index (κ1) is 16.8. The van der Waals surface area contributed by atoms with Crippen molar-refractivity contribution in [1.29, 1.82) is 0 Å². The van der Waals surface area contributed by atoms with E-state index in [9.17, 15) is 13.6 Å². The quantitative estimate of drug-likeness (QED) is 0.769. The lowest BCUT2D eigenvalue weighted by atomic mass is 10.2. The van der Waals surface area contributed by atoms with Gasteiger partial charge in [-0.3, -0.25) is 9.78 Å². The second-order valence-corrected chi connectivity index (χ2v) is 4.79.